The summed E-state index contributed by atoms with van der Waals surface area (Å²) in [6.07, 6.45) is 1.10. The first-order valence-corrected chi connectivity index (χ1v) is 14.9. The maximum Gasteiger partial charge on any atom is 0.358 e. The van der Waals surface area contributed by atoms with Crippen molar-refractivity contribution in [3.63, 3.8) is 0 Å². The van der Waals surface area contributed by atoms with E-state index in [1.807, 2.05) is 36.4 Å². The summed E-state index contributed by atoms with van der Waals surface area (Å²) in [6.45, 7) is 0. The van der Waals surface area contributed by atoms with Crippen molar-refractivity contribution in [2.75, 3.05) is 0 Å². The Bertz CT molecular complexity index is 1500. The van der Waals surface area contributed by atoms with Gasteiger partial charge in [-0.15, -0.1) is 0 Å². The molecule has 0 amide bonds. The Hall–Kier alpha value is -4.28. The van der Waals surface area contributed by atoms with E-state index in [9.17, 15) is 16.8 Å². The van der Waals surface area contributed by atoms with Crippen molar-refractivity contribution in [3.05, 3.63) is 132 Å². The van der Waals surface area contributed by atoms with Gasteiger partial charge in [-0.1, -0.05) is 107 Å². The van der Waals surface area contributed by atoms with Crippen LogP contribution in [-0.2, 0) is 28.8 Å². The second-order valence-corrected chi connectivity index (χ2v) is 11.4. The highest BCUT2D eigenvalue weighted by atomic mass is 32.2. The summed E-state index contributed by atoms with van der Waals surface area (Å²) in [6, 6.07) is 33.7. The smallest absolute Gasteiger partial charge is 0.264 e. The van der Waals surface area contributed by atoms with E-state index in [0.29, 0.717) is 41.8 Å². The Morgan fingerprint density at radius 3 is 1.13 bits per heavy atom. The highest BCUT2D eigenvalue weighted by Gasteiger charge is 2.18. The Kier molecular flexibility index (Phi) is 9.24. The van der Waals surface area contributed by atoms with Crippen molar-refractivity contribution in [2.45, 2.75) is 29.1 Å². The molecule has 0 aliphatic rings. The second kappa shape index (κ2) is 13.0. The third-order valence-electron chi connectivity index (χ3n) is 5.60. The van der Waals surface area contributed by atoms with E-state index in [2.05, 4.69) is 10.3 Å². The Labute approximate surface area is 228 Å². The predicted molar refractivity (Wildman–Crippen MR) is 149 cm³/mol. The lowest BCUT2D eigenvalue weighted by molar-refractivity contribution is 0.337. The number of hydrogen-bond acceptors (Lipinski definition) is 8. The molecule has 0 spiro atoms. The molecule has 0 heterocycles. The lowest BCUT2D eigenvalue weighted by Crippen LogP contribution is -2.10. The van der Waals surface area contributed by atoms with Crippen LogP contribution in [0.1, 0.15) is 30.4 Å². The summed E-state index contributed by atoms with van der Waals surface area (Å²) in [4.78, 5) is -0.00661. The molecule has 0 bridgehead atoms. The maximum atomic E-state index is 12.6. The summed E-state index contributed by atoms with van der Waals surface area (Å²) >= 11 is 0. The zero-order chi connectivity index (χ0) is 27.6. The zero-order valence-corrected chi connectivity index (χ0v) is 22.5. The van der Waals surface area contributed by atoms with Crippen LogP contribution >= 0.6 is 0 Å². The van der Waals surface area contributed by atoms with Crippen LogP contribution in [0.4, 0.5) is 0 Å². The predicted octanol–water partition coefficient (Wildman–Crippen LogP) is 5.78. The fourth-order valence-electron chi connectivity index (χ4n) is 3.62. The van der Waals surface area contributed by atoms with Gasteiger partial charge in [-0.05, 0) is 54.7 Å². The van der Waals surface area contributed by atoms with Crippen LogP contribution in [-0.4, -0.2) is 28.3 Å². The Morgan fingerprint density at radius 1 is 0.487 bits per heavy atom. The molecule has 0 unspecified atom stereocenters. The number of nitrogens with zero attached hydrogens (tertiary/aromatic N) is 2. The first kappa shape index (κ1) is 27.7. The quantitative estimate of drug-likeness (QED) is 0.160. The monoisotopic (exact) mass is 562 g/mol. The first-order chi connectivity index (χ1) is 18.9. The molecule has 8 nitrogen and oxygen atoms in total. The minimum absolute atomic E-state index is 0.00330. The van der Waals surface area contributed by atoms with Crippen LogP contribution in [0.3, 0.4) is 0 Å². The molecule has 0 saturated carbocycles. The third-order valence-corrected chi connectivity index (χ3v) is 7.84. The number of hydrogen-bond donors (Lipinski definition) is 0. The molecule has 0 atom stereocenters. The molecule has 4 aromatic carbocycles. The van der Waals surface area contributed by atoms with E-state index >= 15 is 0 Å². The van der Waals surface area contributed by atoms with E-state index in [0.717, 1.165) is 0 Å². The van der Waals surface area contributed by atoms with Crippen LogP contribution in [0.15, 0.2) is 141 Å². The molecular formula is C29H26N2O6S2. The summed E-state index contributed by atoms with van der Waals surface area (Å²) < 4.78 is 60.5. The maximum absolute atomic E-state index is 12.6. The summed E-state index contributed by atoms with van der Waals surface area (Å²) in [5, 5.41) is 8.00. The fraction of sp³-hybridized carbons (Fsp3) is 0.103. The van der Waals surface area contributed by atoms with Gasteiger partial charge < -0.3 is 0 Å². The van der Waals surface area contributed by atoms with Gasteiger partial charge in [-0.3, -0.25) is 8.57 Å². The van der Waals surface area contributed by atoms with Crippen LogP contribution in [0, 0.1) is 0 Å². The molecule has 0 fully saturated rings. The molecule has 0 saturated heterocycles. The van der Waals surface area contributed by atoms with Gasteiger partial charge in [0.1, 0.15) is 9.79 Å². The first-order valence-electron chi connectivity index (χ1n) is 12.1. The molecule has 0 radical (unpaired) electrons. The lowest BCUT2D eigenvalue weighted by Gasteiger charge is -2.10. The third kappa shape index (κ3) is 7.86. The fourth-order valence-corrected chi connectivity index (χ4v) is 5.15. The number of oxime groups is 2. The van der Waals surface area contributed by atoms with Crippen molar-refractivity contribution in [3.8, 4) is 0 Å². The SMILES string of the molecule is O=S(=O)(O/N=C(/CCC/C(=N\OS(=O)(=O)c1ccccc1)c1ccccc1)c1ccccc1)c1ccccc1. The summed E-state index contributed by atoms with van der Waals surface area (Å²) in [5.41, 5.74) is 2.23. The minimum Gasteiger partial charge on any atom is -0.264 e. The number of rotatable bonds is 12. The van der Waals surface area contributed by atoms with Crippen molar-refractivity contribution < 1.29 is 25.4 Å². The largest absolute Gasteiger partial charge is 0.358 e. The van der Waals surface area contributed by atoms with E-state index in [1.54, 1.807) is 60.7 Å². The topological polar surface area (TPSA) is 111 Å². The highest BCUT2D eigenvalue weighted by Crippen LogP contribution is 2.18. The van der Waals surface area contributed by atoms with Gasteiger partial charge in [0.15, 0.2) is 0 Å². The zero-order valence-electron chi connectivity index (χ0n) is 20.8. The normalized spacial score (nSPS) is 12.6. The van der Waals surface area contributed by atoms with Gasteiger partial charge in [0.05, 0.1) is 11.4 Å². The van der Waals surface area contributed by atoms with Gasteiger partial charge in [0.2, 0.25) is 0 Å². The van der Waals surface area contributed by atoms with Gasteiger partial charge >= 0.3 is 20.2 Å². The average Bonchev–Trinajstić information content (AvgIpc) is 2.98. The van der Waals surface area contributed by atoms with Crippen molar-refractivity contribution in [2.24, 2.45) is 10.3 Å². The van der Waals surface area contributed by atoms with Crippen molar-refractivity contribution in [1.29, 1.82) is 0 Å². The minimum atomic E-state index is -4.10. The molecule has 4 aromatic rings. The lowest BCUT2D eigenvalue weighted by atomic mass is 10.0. The van der Waals surface area contributed by atoms with Crippen LogP contribution in [0.2, 0.25) is 0 Å². The highest BCUT2D eigenvalue weighted by molar-refractivity contribution is 7.87. The Morgan fingerprint density at radius 2 is 0.795 bits per heavy atom. The molecular weight excluding hydrogens is 536 g/mol. The summed E-state index contributed by atoms with van der Waals surface area (Å²) in [7, 11) is -8.19. The van der Waals surface area contributed by atoms with E-state index in [4.69, 9.17) is 8.57 Å². The van der Waals surface area contributed by atoms with E-state index in [1.165, 1.54) is 24.3 Å². The average molecular weight is 563 g/mol. The molecule has 0 aliphatic heterocycles. The molecule has 200 valence electrons. The van der Waals surface area contributed by atoms with Gasteiger partial charge in [0.25, 0.3) is 0 Å². The molecule has 39 heavy (non-hydrogen) atoms. The standard InChI is InChI=1S/C29H26N2O6S2/c32-38(33,26-18-9-3-10-19-26)36-30-28(24-14-5-1-6-15-24)22-13-23-29(25-16-7-2-8-17-25)31-37-39(34,35)27-20-11-4-12-21-27/h1-12,14-21H,13,22-23H2/b30-28-,31-29+. The molecule has 10 heteroatoms. The van der Waals surface area contributed by atoms with Gasteiger partial charge in [-0.2, -0.15) is 16.8 Å². The van der Waals surface area contributed by atoms with Crippen molar-refractivity contribution in [1.82, 2.24) is 0 Å². The Balaban J connectivity index is 1.53. The molecule has 4 rings (SSSR count). The van der Waals surface area contributed by atoms with Crippen LogP contribution in [0.25, 0.3) is 0 Å². The van der Waals surface area contributed by atoms with Gasteiger partial charge in [0, 0.05) is 0 Å². The molecule has 0 aliphatic carbocycles. The van der Waals surface area contributed by atoms with Gasteiger partial charge in [-0.25, -0.2) is 0 Å². The molecule has 0 N–H and O–H groups in total. The summed E-state index contributed by atoms with van der Waals surface area (Å²) in [5.74, 6) is 0. The molecule has 0 aromatic heterocycles. The van der Waals surface area contributed by atoms with Crippen molar-refractivity contribution >= 4 is 31.7 Å². The number of benzene rings is 4. The second-order valence-electron chi connectivity index (χ2n) is 8.34. The van der Waals surface area contributed by atoms with Crippen LogP contribution in [0.5, 0.6) is 0 Å². The van der Waals surface area contributed by atoms with E-state index < -0.39 is 20.2 Å². The van der Waals surface area contributed by atoms with Crippen LogP contribution < -0.4 is 0 Å². The van der Waals surface area contributed by atoms with E-state index in [-0.39, 0.29) is 9.79 Å².